The summed E-state index contributed by atoms with van der Waals surface area (Å²) in [6, 6.07) is 23.6. The summed E-state index contributed by atoms with van der Waals surface area (Å²) in [5.74, 6) is 5.66. The van der Waals surface area contributed by atoms with Gasteiger partial charge in [-0.25, -0.2) is 0 Å². The Morgan fingerprint density at radius 1 is 0.912 bits per heavy atom. The highest BCUT2D eigenvalue weighted by molar-refractivity contribution is 6.11. The molecule has 4 rings (SSSR count). The predicted octanol–water partition coefficient (Wildman–Crippen LogP) is 4.01. The lowest BCUT2D eigenvalue weighted by atomic mass is 10.1. The van der Waals surface area contributed by atoms with Crippen LogP contribution in [0.5, 0.6) is 0 Å². The number of anilines is 2. The Balaban J connectivity index is 1.53. The Labute approximate surface area is 198 Å². The van der Waals surface area contributed by atoms with Gasteiger partial charge >= 0.3 is 0 Å². The highest BCUT2D eigenvalue weighted by atomic mass is 16.5. The lowest BCUT2D eigenvalue weighted by Crippen LogP contribution is -2.36. The third kappa shape index (κ3) is 5.89. The van der Waals surface area contributed by atoms with E-state index in [9.17, 15) is 9.59 Å². The van der Waals surface area contributed by atoms with Crippen LogP contribution in [-0.4, -0.2) is 38.0 Å². The van der Waals surface area contributed by atoms with Crippen molar-refractivity contribution in [2.24, 2.45) is 0 Å². The summed E-state index contributed by atoms with van der Waals surface area (Å²) >= 11 is 0. The van der Waals surface area contributed by atoms with Gasteiger partial charge in [-0.2, -0.15) is 5.26 Å². The molecular weight excluding hydrogens is 426 g/mol. The smallest absolute Gasteiger partial charge is 0.232 e. The molecule has 0 unspecified atom stereocenters. The third-order valence-electron chi connectivity index (χ3n) is 5.38. The van der Waals surface area contributed by atoms with E-state index < -0.39 is 5.91 Å². The van der Waals surface area contributed by atoms with Gasteiger partial charge in [-0.15, -0.1) is 0 Å². The minimum absolute atomic E-state index is 0.314. The molecule has 6 nitrogen and oxygen atoms in total. The second-order valence-electron chi connectivity index (χ2n) is 7.79. The molecule has 0 aromatic heterocycles. The molecule has 168 valence electrons. The molecular formula is C28H23N3O3. The average Bonchev–Trinajstić information content (AvgIpc) is 2.88. The number of Topliss-reactive ketones (excluding diaryl/α,β-unsaturated/α-hetero) is 1. The van der Waals surface area contributed by atoms with Gasteiger partial charge in [0.2, 0.25) is 5.91 Å². The van der Waals surface area contributed by atoms with Gasteiger partial charge in [-0.1, -0.05) is 42.2 Å². The average molecular weight is 450 g/mol. The molecule has 0 aliphatic carbocycles. The number of amides is 1. The maximum absolute atomic E-state index is 12.6. The van der Waals surface area contributed by atoms with Crippen LogP contribution in [0.1, 0.15) is 33.5 Å². The fraction of sp³-hybridized carbons (Fsp3) is 0.179. The zero-order valence-electron chi connectivity index (χ0n) is 18.6. The van der Waals surface area contributed by atoms with Crippen molar-refractivity contribution in [1.82, 2.24) is 0 Å². The Kier molecular flexibility index (Phi) is 7.35. The first kappa shape index (κ1) is 22.8. The van der Waals surface area contributed by atoms with E-state index in [4.69, 9.17) is 10.00 Å². The van der Waals surface area contributed by atoms with Gasteiger partial charge in [0.25, 0.3) is 0 Å². The van der Waals surface area contributed by atoms with Gasteiger partial charge in [0.15, 0.2) is 5.78 Å². The number of morpholine rings is 1. The molecule has 34 heavy (non-hydrogen) atoms. The van der Waals surface area contributed by atoms with Crippen molar-refractivity contribution in [1.29, 1.82) is 5.26 Å². The number of hydrogen-bond donors (Lipinski definition) is 1. The van der Waals surface area contributed by atoms with Crippen LogP contribution in [0.3, 0.4) is 0 Å². The maximum Gasteiger partial charge on any atom is 0.232 e. The predicted molar refractivity (Wildman–Crippen MR) is 131 cm³/mol. The number of carbonyl (C=O) groups is 2. The van der Waals surface area contributed by atoms with Gasteiger partial charge in [-0.05, 0) is 42.5 Å². The lowest BCUT2D eigenvalue weighted by Gasteiger charge is -2.30. The standard InChI is InChI=1S/C28H23N3O3/c29-20-22-7-4-8-24(17-22)27(32)19-28(33)30-25-11-12-26(31-13-15-34-16-14-31)23(18-25)10-9-21-5-2-1-3-6-21/h1-8,11-12,17-18H,13-16,19H2,(H,30,33). The summed E-state index contributed by atoms with van der Waals surface area (Å²) in [4.78, 5) is 27.3. The second-order valence-corrected chi connectivity index (χ2v) is 7.79. The quantitative estimate of drug-likeness (QED) is 0.362. The third-order valence-corrected chi connectivity index (χ3v) is 5.38. The van der Waals surface area contributed by atoms with Crippen molar-refractivity contribution in [3.8, 4) is 17.9 Å². The molecule has 3 aromatic carbocycles. The summed E-state index contributed by atoms with van der Waals surface area (Å²) in [6.07, 6.45) is -0.314. The van der Waals surface area contributed by atoms with Crippen LogP contribution in [0.25, 0.3) is 0 Å². The van der Waals surface area contributed by atoms with E-state index >= 15 is 0 Å². The minimum atomic E-state index is -0.423. The minimum Gasteiger partial charge on any atom is -0.378 e. The van der Waals surface area contributed by atoms with E-state index in [2.05, 4.69) is 22.1 Å². The van der Waals surface area contributed by atoms with E-state index in [-0.39, 0.29) is 12.2 Å². The van der Waals surface area contributed by atoms with Crippen LogP contribution in [0.4, 0.5) is 11.4 Å². The number of benzene rings is 3. The zero-order valence-corrected chi connectivity index (χ0v) is 18.6. The summed E-state index contributed by atoms with van der Waals surface area (Å²) in [5, 5.41) is 11.8. The Bertz CT molecular complexity index is 1290. The Morgan fingerprint density at radius 2 is 1.68 bits per heavy atom. The van der Waals surface area contributed by atoms with E-state index in [0.29, 0.717) is 30.0 Å². The second kappa shape index (κ2) is 11.0. The summed E-state index contributed by atoms with van der Waals surface area (Å²) in [7, 11) is 0. The molecule has 1 saturated heterocycles. The van der Waals surface area contributed by atoms with E-state index in [1.54, 1.807) is 18.2 Å². The SMILES string of the molecule is N#Cc1cccc(C(=O)CC(=O)Nc2ccc(N3CCOCC3)c(C#Cc3ccccc3)c2)c1. The number of rotatable bonds is 5. The Hall–Kier alpha value is -4.39. The fourth-order valence-corrected chi connectivity index (χ4v) is 3.67. The van der Waals surface area contributed by atoms with Gasteiger partial charge in [-0.3, -0.25) is 9.59 Å². The number of ketones is 1. The molecule has 0 spiro atoms. The normalized spacial score (nSPS) is 12.7. The van der Waals surface area contributed by atoms with Crippen LogP contribution in [0, 0.1) is 23.2 Å². The molecule has 6 heteroatoms. The number of nitriles is 1. The largest absolute Gasteiger partial charge is 0.378 e. The molecule has 0 saturated carbocycles. The highest BCUT2D eigenvalue weighted by Crippen LogP contribution is 2.25. The molecule has 3 aromatic rings. The van der Waals surface area contributed by atoms with Crippen molar-refractivity contribution in [2.75, 3.05) is 36.5 Å². The topological polar surface area (TPSA) is 82.4 Å². The molecule has 1 heterocycles. The van der Waals surface area contributed by atoms with Crippen LogP contribution in [0.2, 0.25) is 0 Å². The Morgan fingerprint density at radius 3 is 2.44 bits per heavy atom. The monoisotopic (exact) mass is 449 g/mol. The first-order chi connectivity index (χ1) is 16.6. The molecule has 0 bridgehead atoms. The number of carbonyl (C=O) groups excluding carboxylic acids is 2. The summed E-state index contributed by atoms with van der Waals surface area (Å²) < 4.78 is 5.47. The van der Waals surface area contributed by atoms with Crippen molar-refractivity contribution >= 4 is 23.1 Å². The fourth-order valence-electron chi connectivity index (χ4n) is 3.67. The van der Waals surface area contributed by atoms with Crippen LogP contribution < -0.4 is 10.2 Å². The lowest BCUT2D eigenvalue weighted by molar-refractivity contribution is -0.115. The molecule has 1 aliphatic rings. The molecule has 1 aliphatic heterocycles. The van der Waals surface area contributed by atoms with Gasteiger partial charge in [0.1, 0.15) is 0 Å². The highest BCUT2D eigenvalue weighted by Gasteiger charge is 2.16. The maximum atomic E-state index is 12.6. The number of nitrogens with one attached hydrogen (secondary N) is 1. The van der Waals surface area contributed by atoms with Gasteiger partial charge < -0.3 is 15.0 Å². The van der Waals surface area contributed by atoms with E-state index in [1.807, 2.05) is 54.6 Å². The van der Waals surface area contributed by atoms with Crippen molar-refractivity contribution in [3.05, 3.63) is 95.1 Å². The van der Waals surface area contributed by atoms with Gasteiger partial charge in [0, 0.05) is 29.9 Å². The molecule has 0 radical (unpaired) electrons. The first-order valence-electron chi connectivity index (χ1n) is 11.0. The van der Waals surface area contributed by atoms with Gasteiger partial charge in [0.05, 0.1) is 42.5 Å². The summed E-state index contributed by atoms with van der Waals surface area (Å²) in [5.41, 5.74) is 3.96. The molecule has 1 fully saturated rings. The van der Waals surface area contributed by atoms with Crippen molar-refractivity contribution < 1.29 is 14.3 Å². The zero-order chi connectivity index (χ0) is 23.8. The van der Waals surface area contributed by atoms with Crippen LogP contribution >= 0.6 is 0 Å². The van der Waals surface area contributed by atoms with Crippen LogP contribution in [0.15, 0.2) is 72.8 Å². The molecule has 1 amide bonds. The molecule has 0 atom stereocenters. The number of ether oxygens (including phenoxy) is 1. The summed E-state index contributed by atoms with van der Waals surface area (Å²) in [6.45, 7) is 2.84. The van der Waals surface area contributed by atoms with Crippen LogP contribution in [-0.2, 0) is 9.53 Å². The van der Waals surface area contributed by atoms with Crippen molar-refractivity contribution in [2.45, 2.75) is 6.42 Å². The van der Waals surface area contributed by atoms with E-state index in [1.165, 1.54) is 6.07 Å². The first-order valence-corrected chi connectivity index (χ1v) is 11.0. The number of hydrogen-bond acceptors (Lipinski definition) is 5. The molecule has 1 N–H and O–H groups in total. The number of nitrogens with zero attached hydrogens (tertiary/aromatic N) is 2. The van der Waals surface area contributed by atoms with Crippen molar-refractivity contribution in [3.63, 3.8) is 0 Å². The van der Waals surface area contributed by atoms with E-state index in [0.717, 1.165) is 29.9 Å².